The molecule has 2 amide bonds. The largest absolute Gasteiger partial charge is 0.492 e. The van der Waals surface area contributed by atoms with Gasteiger partial charge < -0.3 is 25.4 Å². The number of anilines is 2. The van der Waals surface area contributed by atoms with Gasteiger partial charge in [-0.2, -0.15) is 0 Å². The van der Waals surface area contributed by atoms with E-state index in [1.165, 1.54) is 0 Å². The molecule has 0 fully saturated rings. The summed E-state index contributed by atoms with van der Waals surface area (Å²) >= 11 is 0. The van der Waals surface area contributed by atoms with Gasteiger partial charge in [0.2, 0.25) is 11.8 Å². The van der Waals surface area contributed by atoms with Crippen molar-refractivity contribution in [1.29, 1.82) is 0 Å². The molecule has 0 bridgehead atoms. The monoisotopic (exact) mass is 437 g/mol. The number of carbonyl (C=O) groups excluding carboxylic acids is 2. The number of hydrogen-bond acceptors (Lipinski definition) is 5. The molecule has 10 heteroatoms. The zero-order chi connectivity index (χ0) is 22.5. The van der Waals surface area contributed by atoms with Crippen LogP contribution in [-0.4, -0.2) is 37.6 Å². The van der Waals surface area contributed by atoms with Crippen LogP contribution in [0.3, 0.4) is 0 Å². The predicted octanol–water partition coefficient (Wildman–Crippen LogP) is 2.99. The molecule has 166 valence electrons. The van der Waals surface area contributed by atoms with Gasteiger partial charge >= 0.3 is 0 Å². The van der Waals surface area contributed by atoms with Crippen LogP contribution in [0.25, 0.3) is 0 Å². The standard InChI is InChI=1S/C21H22F3N3O4/c1-3-30-17-7-12-6-11(2)31-16(12)8-15(17)25-9-18(28)26-10-19(29)27-14-5-4-13(22)20(23)21(14)24/h4-5,7-8,11,25H,3,6,9-10H2,1-2H3,(H,26,28)(H,27,29)/t11-/m0/s1. The lowest BCUT2D eigenvalue weighted by Crippen LogP contribution is -2.36. The fourth-order valence-corrected chi connectivity index (χ4v) is 3.09. The number of benzene rings is 2. The molecule has 3 rings (SSSR count). The highest BCUT2D eigenvalue weighted by molar-refractivity contribution is 5.95. The molecule has 0 unspecified atom stereocenters. The van der Waals surface area contributed by atoms with E-state index in [1.807, 2.05) is 19.9 Å². The van der Waals surface area contributed by atoms with Crippen LogP contribution in [0.5, 0.6) is 11.5 Å². The molecule has 0 aliphatic carbocycles. The Labute approximate surface area is 176 Å². The third-order valence-electron chi connectivity index (χ3n) is 4.49. The zero-order valence-corrected chi connectivity index (χ0v) is 17.0. The lowest BCUT2D eigenvalue weighted by Gasteiger charge is -2.14. The number of amides is 2. The number of hydrogen-bond donors (Lipinski definition) is 3. The molecule has 1 heterocycles. The summed E-state index contributed by atoms with van der Waals surface area (Å²) in [4.78, 5) is 24.0. The molecule has 31 heavy (non-hydrogen) atoms. The van der Waals surface area contributed by atoms with Crippen LogP contribution >= 0.6 is 0 Å². The van der Waals surface area contributed by atoms with E-state index in [1.54, 1.807) is 6.07 Å². The van der Waals surface area contributed by atoms with Gasteiger partial charge in [-0.3, -0.25) is 9.59 Å². The lowest BCUT2D eigenvalue weighted by atomic mass is 10.1. The van der Waals surface area contributed by atoms with E-state index in [2.05, 4.69) is 16.0 Å². The van der Waals surface area contributed by atoms with Crippen molar-refractivity contribution in [1.82, 2.24) is 5.32 Å². The topological polar surface area (TPSA) is 88.7 Å². The zero-order valence-electron chi connectivity index (χ0n) is 17.0. The van der Waals surface area contributed by atoms with Crippen molar-refractivity contribution in [3.63, 3.8) is 0 Å². The maximum atomic E-state index is 13.6. The fourth-order valence-electron chi connectivity index (χ4n) is 3.09. The highest BCUT2D eigenvalue weighted by Gasteiger charge is 2.22. The fraction of sp³-hybridized carbons (Fsp3) is 0.333. The highest BCUT2D eigenvalue weighted by atomic mass is 19.2. The Balaban J connectivity index is 1.53. The summed E-state index contributed by atoms with van der Waals surface area (Å²) in [6.07, 6.45) is 0.824. The molecule has 0 spiro atoms. The van der Waals surface area contributed by atoms with Gasteiger partial charge in [-0.05, 0) is 32.0 Å². The minimum atomic E-state index is -1.69. The molecule has 3 N–H and O–H groups in total. The van der Waals surface area contributed by atoms with Crippen LogP contribution in [0.2, 0.25) is 0 Å². The third kappa shape index (κ3) is 5.39. The number of carbonyl (C=O) groups is 2. The molecule has 2 aromatic carbocycles. The van der Waals surface area contributed by atoms with Gasteiger partial charge in [-0.25, -0.2) is 13.2 Å². The molecular weight excluding hydrogens is 415 g/mol. The summed E-state index contributed by atoms with van der Waals surface area (Å²) < 4.78 is 51.1. The quantitative estimate of drug-likeness (QED) is 0.553. The summed E-state index contributed by atoms with van der Waals surface area (Å²) in [5.41, 5.74) is 1.07. The number of ether oxygens (including phenoxy) is 2. The first kappa shape index (κ1) is 22.3. The van der Waals surface area contributed by atoms with E-state index < -0.39 is 41.5 Å². The molecule has 0 aromatic heterocycles. The van der Waals surface area contributed by atoms with Crippen LogP contribution in [0.4, 0.5) is 24.5 Å². The molecule has 1 aliphatic heterocycles. The van der Waals surface area contributed by atoms with E-state index in [-0.39, 0.29) is 12.6 Å². The first-order valence-electron chi connectivity index (χ1n) is 9.68. The van der Waals surface area contributed by atoms with Gasteiger partial charge in [-0.1, -0.05) is 0 Å². The maximum Gasteiger partial charge on any atom is 0.243 e. The second kappa shape index (κ2) is 9.59. The Hall–Kier alpha value is -3.43. The summed E-state index contributed by atoms with van der Waals surface area (Å²) in [6, 6.07) is 5.21. The summed E-state index contributed by atoms with van der Waals surface area (Å²) in [6.45, 7) is 3.59. The first-order chi connectivity index (χ1) is 14.8. The Morgan fingerprint density at radius 2 is 1.87 bits per heavy atom. The van der Waals surface area contributed by atoms with Gasteiger partial charge in [-0.15, -0.1) is 0 Å². The lowest BCUT2D eigenvalue weighted by molar-refractivity contribution is -0.122. The van der Waals surface area contributed by atoms with Crippen molar-refractivity contribution < 1.29 is 32.2 Å². The first-order valence-corrected chi connectivity index (χ1v) is 9.68. The summed E-state index contributed by atoms with van der Waals surface area (Å²) in [5.74, 6) is -4.59. The van der Waals surface area contributed by atoms with Gasteiger partial charge in [0.05, 0.1) is 31.1 Å². The summed E-state index contributed by atoms with van der Waals surface area (Å²) in [5, 5.41) is 7.37. The molecule has 0 saturated heterocycles. The number of nitrogens with one attached hydrogen (secondary N) is 3. The number of rotatable bonds is 8. The van der Waals surface area contributed by atoms with E-state index in [0.717, 1.165) is 18.1 Å². The Kier molecular flexibility index (Phi) is 6.88. The molecule has 7 nitrogen and oxygen atoms in total. The smallest absolute Gasteiger partial charge is 0.243 e. The molecule has 1 atom stereocenters. The molecular formula is C21H22F3N3O4. The van der Waals surface area contributed by atoms with Crippen molar-refractivity contribution in [2.24, 2.45) is 0 Å². The molecule has 2 aromatic rings. The normalized spacial score (nSPS) is 14.4. The molecule has 1 aliphatic rings. The second-order valence-electron chi connectivity index (χ2n) is 6.92. The minimum Gasteiger partial charge on any atom is -0.492 e. The van der Waals surface area contributed by atoms with Crippen LogP contribution < -0.4 is 25.4 Å². The Bertz CT molecular complexity index is 1000. The summed E-state index contributed by atoms with van der Waals surface area (Å²) in [7, 11) is 0. The minimum absolute atomic E-state index is 0.0564. The van der Waals surface area contributed by atoms with E-state index in [9.17, 15) is 22.8 Å². The van der Waals surface area contributed by atoms with Crippen molar-refractivity contribution in [3.05, 3.63) is 47.3 Å². The van der Waals surface area contributed by atoms with Crippen LogP contribution in [0.15, 0.2) is 24.3 Å². The van der Waals surface area contributed by atoms with Crippen molar-refractivity contribution in [2.45, 2.75) is 26.4 Å². The van der Waals surface area contributed by atoms with E-state index in [0.29, 0.717) is 29.9 Å². The molecule has 0 radical (unpaired) electrons. The predicted molar refractivity (Wildman–Crippen MR) is 108 cm³/mol. The van der Waals surface area contributed by atoms with Gasteiger partial charge in [0.25, 0.3) is 0 Å². The van der Waals surface area contributed by atoms with Crippen LogP contribution in [-0.2, 0) is 16.0 Å². The highest BCUT2D eigenvalue weighted by Crippen LogP contribution is 2.37. The van der Waals surface area contributed by atoms with Crippen molar-refractivity contribution in [3.8, 4) is 11.5 Å². The van der Waals surface area contributed by atoms with Crippen LogP contribution in [0, 0.1) is 17.5 Å². The van der Waals surface area contributed by atoms with Crippen LogP contribution in [0.1, 0.15) is 19.4 Å². The van der Waals surface area contributed by atoms with Crippen molar-refractivity contribution >= 4 is 23.2 Å². The number of fused-ring (bicyclic) bond motifs is 1. The molecule has 0 saturated carbocycles. The Morgan fingerprint density at radius 3 is 2.61 bits per heavy atom. The Morgan fingerprint density at radius 1 is 1.10 bits per heavy atom. The van der Waals surface area contributed by atoms with E-state index in [4.69, 9.17) is 9.47 Å². The van der Waals surface area contributed by atoms with Gasteiger partial charge in [0.1, 0.15) is 17.6 Å². The van der Waals surface area contributed by atoms with Gasteiger partial charge in [0, 0.05) is 18.1 Å². The maximum absolute atomic E-state index is 13.6. The van der Waals surface area contributed by atoms with E-state index >= 15 is 0 Å². The SMILES string of the molecule is CCOc1cc2c(cc1NCC(=O)NCC(=O)Nc1ccc(F)c(F)c1F)O[C@@H](C)C2. The average Bonchev–Trinajstić information content (AvgIpc) is 3.10. The van der Waals surface area contributed by atoms with Crippen molar-refractivity contribution in [2.75, 3.05) is 30.3 Å². The van der Waals surface area contributed by atoms with Gasteiger partial charge in [0.15, 0.2) is 17.5 Å². The third-order valence-corrected chi connectivity index (χ3v) is 4.49. The second-order valence-corrected chi connectivity index (χ2v) is 6.92. The number of halogens is 3. The average molecular weight is 437 g/mol.